The third-order valence-electron chi connectivity index (χ3n) is 4.48. The molecule has 0 bridgehead atoms. The highest BCUT2D eigenvalue weighted by Gasteiger charge is 2.14. The summed E-state index contributed by atoms with van der Waals surface area (Å²) in [4.78, 5) is 2.15. The van der Waals surface area contributed by atoms with Gasteiger partial charge in [0.05, 0.1) is 5.69 Å². The van der Waals surface area contributed by atoms with Crippen LogP contribution in [0.3, 0.4) is 0 Å². The van der Waals surface area contributed by atoms with Gasteiger partial charge in [-0.1, -0.05) is 61.2 Å². The van der Waals surface area contributed by atoms with E-state index < -0.39 is 0 Å². The normalized spacial score (nSPS) is 10.7. The smallest absolute Gasteiger partial charge is 0.123 e. The number of halogens is 1. The van der Waals surface area contributed by atoms with Crippen molar-refractivity contribution in [2.24, 2.45) is 0 Å². The third-order valence-corrected chi connectivity index (χ3v) is 4.48. The molecule has 0 aliphatic rings. The molecular formula is C24H18FN. The van der Waals surface area contributed by atoms with E-state index in [-0.39, 0.29) is 5.82 Å². The Morgan fingerprint density at radius 2 is 1.31 bits per heavy atom. The molecule has 0 radical (unpaired) electrons. The second kappa shape index (κ2) is 6.85. The Kier molecular flexibility index (Phi) is 4.24. The van der Waals surface area contributed by atoms with Crippen molar-refractivity contribution in [3.63, 3.8) is 0 Å². The van der Waals surface area contributed by atoms with Crippen molar-refractivity contribution in [2.75, 3.05) is 4.90 Å². The number of anilines is 3. The average Bonchev–Trinajstić information content (AvgIpc) is 2.70. The number of fused-ring (bicyclic) bond motifs is 1. The van der Waals surface area contributed by atoms with E-state index in [2.05, 4.69) is 47.9 Å². The maximum absolute atomic E-state index is 13.5. The monoisotopic (exact) mass is 339 g/mol. The van der Waals surface area contributed by atoms with E-state index in [1.165, 1.54) is 17.5 Å². The van der Waals surface area contributed by atoms with Crippen LogP contribution in [0.15, 0.2) is 97.6 Å². The van der Waals surface area contributed by atoms with Gasteiger partial charge in [-0.2, -0.15) is 0 Å². The van der Waals surface area contributed by atoms with Crippen LogP contribution in [0.25, 0.3) is 16.8 Å². The maximum atomic E-state index is 13.5. The Morgan fingerprint density at radius 1 is 0.692 bits per heavy atom. The molecule has 26 heavy (non-hydrogen) atoms. The molecule has 0 atom stereocenters. The molecule has 0 aliphatic heterocycles. The molecule has 0 fully saturated rings. The van der Waals surface area contributed by atoms with Crippen LogP contribution in [0.2, 0.25) is 0 Å². The van der Waals surface area contributed by atoms with Crippen LogP contribution in [-0.4, -0.2) is 0 Å². The summed E-state index contributed by atoms with van der Waals surface area (Å²) >= 11 is 0. The fourth-order valence-electron chi connectivity index (χ4n) is 3.18. The topological polar surface area (TPSA) is 3.24 Å². The molecule has 0 aliphatic carbocycles. The Labute approximate surface area is 152 Å². The summed E-state index contributed by atoms with van der Waals surface area (Å²) in [5, 5.41) is 2.31. The Hall–Kier alpha value is -3.39. The lowest BCUT2D eigenvalue weighted by atomic mass is 10.1. The SMILES string of the molecule is C=Cc1ccc(N(c2ccc(F)cc2)c2cccc3ccccc23)cc1. The van der Waals surface area contributed by atoms with Crippen molar-refractivity contribution in [3.8, 4) is 0 Å². The molecule has 1 nitrogen and oxygen atoms in total. The summed E-state index contributed by atoms with van der Waals surface area (Å²) < 4.78 is 13.5. The molecule has 0 spiro atoms. The predicted molar refractivity (Wildman–Crippen MR) is 109 cm³/mol. The molecule has 0 amide bonds. The minimum absolute atomic E-state index is 0.242. The lowest BCUT2D eigenvalue weighted by molar-refractivity contribution is 0.628. The summed E-state index contributed by atoms with van der Waals surface area (Å²) in [5.74, 6) is -0.242. The first-order chi connectivity index (χ1) is 12.8. The van der Waals surface area contributed by atoms with Crippen molar-refractivity contribution in [1.82, 2.24) is 0 Å². The minimum atomic E-state index is -0.242. The fourth-order valence-corrected chi connectivity index (χ4v) is 3.18. The van der Waals surface area contributed by atoms with Crippen molar-refractivity contribution >= 4 is 33.9 Å². The van der Waals surface area contributed by atoms with Gasteiger partial charge < -0.3 is 4.90 Å². The van der Waals surface area contributed by atoms with Crippen LogP contribution in [0, 0.1) is 5.82 Å². The molecule has 0 aromatic heterocycles. The number of benzene rings is 4. The van der Waals surface area contributed by atoms with E-state index in [0.717, 1.165) is 28.0 Å². The first kappa shape index (κ1) is 16.1. The van der Waals surface area contributed by atoms with E-state index >= 15 is 0 Å². The minimum Gasteiger partial charge on any atom is -0.310 e. The van der Waals surface area contributed by atoms with E-state index in [0.29, 0.717) is 0 Å². The quantitative estimate of drug-likeness (QED) is 0.383. The molecule has 2 heteroatoms. The summed E-state index contributed by atoms with van der Waals surface area (Å²) in [6.07, 6.45) is 1.82. The summed E-state index contributed by atoms with van der Waals surface area (Å²) in [6, 6.07) is 29.3. The van der Waals surface area contributed by atoms with Crippen molar-refractivity contribution in [1.29, 1.82) is 0 Å². The fraction of sp³-hybridized carbons (Fsp3) is 0. The molecule has 4 aromatic rings. The Bertz CT molecular complexity index is 1040. The maximum Gasteiger partial charge on any atom is 0.123 e. The standard InChI is InChI=1S/C24H18FN/c1-2-18-10-14-21(15-11-18)26(22-16-12-20(25)13-17-22)24-9-5-7-19-6-3-4-8-23(19)24/h2-17H,1H2. The summed E-state index contributed by atoms with van der Waals surface area (Å²) in [7, 11) is 0. The first-order valence-corrected chi connectivity index (χ1v) is 8.52. The van der Waals surface area contributed by atoms with Crippen LogP contribution in [0.1, 0.15) is 5.56 Å². The predicted octanol–water partition coefficient (Wildman–Crippen LogP) is 7.09. The second-order valence-electron chi connectivity index (χ2n) is 6.11. The molecule has 126 valence electrons. The number of nitrogens with zero attached hydrogens (tertiary/aromatic N) is 1. The van der Waals surface area contributed by atoms with Gasteiger partial charge in [0.2, 0.25) is 0 Å². The van der Waals surface area contributed by atoms with Gasteiger partial charge in [0.15, 0.2) is 0 Å². The summed E-state index contributed by atoms with van der Waals surface area (Å²) in [5.41, 5.74) is 4.04. The van der Waals surface area contributed by atoms with Crippen LogP contribution in [0.5, 0.6) is 0 Å². The Morgan fingerprint density at radius 3 is 2.00 bits per heavy atom. The first-order valence-electron chi connectivity index (χ1n) is 8.52. The largest absolute Gasteiger partial charge is 0.310 e. The lowest BCUT2D eigenvalue weighted by Gasteiger charge is -2.27. The highest BCUT2D eigenvalue weighted by molar-refractivity contribution is 5.98. The van der Waals surface area contributed by atoms with E-state index in [9.17, 15) is 4.39 Å². The van der Waals surface area contributed by atoms with Gasteiger partial charge in [-0.15, -0.1) is 0 Å². The van der Waals surface area contributed by atoms with Crippen molar-refractivity contribution < 1.29 is 4.39 Å². The van der Waals surface area contributed by atoms with Gasteiger partial charge in [0.1, 0.15) is 5.82 Å². The molecular weight excluding hydrogens is 321 g/mol. The molecule has 0 N–H and O–H groups in total. The van der Waals surface area contributed by atoms with E-state index in [4.69, 9.17) is 0 Å². The van der Waals surface area contributed by atoms with Gasteiger partial charge in [0, 0.05) is 16.8 Å². The highest BCUT2D eigenvalue weighted by Crippen LogP contribution is 2.38. The van der Waals surface area contributed by atoms with E-state index in [1.54, 1.807) is 12.1 Å². The Balaban J connectivity index is 1.94. The van der Waals surface area contributed by atoms with E-state index in [1.807, 2.05) is 36.4 Å². The lowest BCUT2D eigenvalue weighted by Crippen LogP contribution is -2.10. The number of rotatable bonds is 4. The van der Waals surface area contributed by atoms with Gasteiger partial charge in [-0.05, 0) is 53.4 Å². The molecule has 4 aromatic carbocycles. The van der Waals surface area contributed by atoms with Crippen LogP contribution in [-0.2, 0) is 0 Å². The zero-order valence-electron chi connectivity index (χ0n) is 14.3. The van der Waals surface area contributed by atoms with Gasteiger partial charge in [0.25, 0.3) is 0 Å². The molecule has 0 saturated carbocycles. The third kappa shape index (κ3) is 2.98. The van der Waals surface area contributed by atoms with Gasteiger partial charge >= 0.3 is 0 Å². The molecule has 0 heterocycles. The highest BCUT2D eigenvalue weighted by atomic mass is 19.1. The zero-order chi connectivity index (χ0) is 17.9. The molecule has 0 unspecified atom stereocenters. The second-order valence-corrected chi connectivity index (χ2v) is 6.11. The van der Waals surface area contributed by atoms with Crippen molar-refractivity contribution in [3.05, 3.63) is 109 Å². The van der Waals surface area contributed by atoms with Gasteiger partial charge in [-0.25, -0.2) is 4.39 Å². The van der Waals surface area contributed by atoms with Crippen LogP contribution >= 0.6 is 0 Å². The average molecular weight is 339 g/mol. The van der Waals surface area contributed by atoms with Crippen LogP contribution < -0.4 is 4.90 Å². The molecule has 0 saturated heterocycles. The molecule has 4 rings (SSSR count). The van der Waals surface area contributed by atoms with Crippen molar-refractivity contribution in [2.45, 2.75) is 0 Å². The zero-order valence-corrected chi connectivity index (χ0v) is 14.3. The summed E-state index contributed by atoms with van der Waals surface area (Å²) in [6.45, 7) is 3.82. The van der Waals surface area contributed by atoms with Gasteiger partial charge in [-0.3, -0.25) is 0 Å². The number of hydrogen-bond acceptors (Lipinski definition) is 1. The number of hydrogen-bond donors (Lipinski definition) is 0. The van der Waals surface area contributed by atoms with Crippen LogP contribution in [0.4, 0.5) is 21.5 Å².